The van der Waals surface area contributed by atoms with E-state index in [1.807, 2.05) is 0 Å². The Kier molecular flexibility index (Phi) is 3.29. The van der Waals surface area contributed by atoms with Crippen molar-refractivity contribution in [2.24, 2.45) is 0 Å². The normalized spacial score (nSPS) is 14.5. The zero-order valence-electron chi connectivity index (χ0n) is 6.98. The van der Waals surface area contributed by atoms with Crippen LogP contribution in [0.25, 0.3) is 0 Å². The third-order valence-corrected chi connectivity index (χ3v) is 2.07. The molecule has 0 fully saturated rings. The molecule has 1 aromatic heterocycles. The molecule has 82 valence electrons. The first kappa shape index (κ1) is 11.5. The van der Waals surface area contributed by atoms with Gasteiger partial charge in [-0.25, -0.2) is 0 Å². The van der Waals surface area contributed by atoms with Gasteiger partial charge in [0.1, 0.15) is 23.6 Å². The largest absolute Gasteiger partial charge is 0.547 e. The van der Waals surface area contributed by atoms with Crippen molar-refractivity contribution in [3.05, 3.63) is 11.4 Å². The van der Waals surface area contributed by atoms with Crippen molar-refractivity contribution in [3.63, 3.8) is 0 Å². The van der Waals surface area contributed by atoms with Crippen molar-refractivity contribution in [2.45, 2.75) is 12.2 Å². The fraction of sp³-hybridized carbons (Fsp3) is 0.333. The number of hydrogen-bond acceptors (Lipinski definition) is 9. The van der Waals surface area contributed by atoms with Crippen LogP contribution >= 0.6 is 11.7 Å². The van der Waals surface area contributed by atoms with Gasteiger partial charge in [0.25, 0.3) is 0 Å². The Labute approximate surface area is 86.8 Å². The summed E-state index contributed by atoms with van der Waals surface area (Å²) in [5, 5.41) is 38.7. The van der Waals surface area contributed by atoms with Crippen molar-refractivity contribution in [3.8, 4) is 0 Å². The number of carboxylic acid groups (broad SMARTS) is 2. The lowest BCUT2D eigenvalue weighted by atomic mass is 10.1. The highest BCUT2D eigenvalue weighted by Gasteiger charge is 2.25. The smallest absolute Gasteiger partial charge is 0.130 e. The van der Waals surface area contributed by atoms with E-state index in [9.17, 15) is 24.9 Å². The van der Waals surface area contributed by atoms with Gasteiger partial charge in [-0.1, -0.05) is 0 Å². The standard InChI is InChI=1S/C6H6N2O6S/c9-3(4(10)6(13)14)1-2(5(11)12)8-15-7-1/h3-4,9-10H,(H,11,12)(H,13,14)/p-2/t3-,4-/m1/s1. The maximum Gasteiger partial charge on any atom is 0.130 e. The number of carbonyl (C=O) groups excluding carboxylic acids is 2. The van der Waals surface area contributed by atoms with E-state index in [0.29, 0.717) is 11.7 Å². The maximum absolute atomic E-state index is 10.4. The van der Waals surface area contributed by atoms with Crippen molar-refractivity contribution in [1.82, 2.24) is 8.75 Å². The number of aromatic carboxylic acids is 1. The summed E-state index contributed by atoms with van der Waals surface area (Å²) in [6, 6.07) is 0. The van der Waals surface area contributed by atoms with Crippen molar-refractivity contribution >= 4 is 23.7 Å². The van der Waals surface area contributed by atoms with E-state index >= 15 is 0 Å². The number of rotatable bonds is 4. The topological polar surface area (TPSA) is 146 Å². The molecule has 0 aliphatic carbocycles. The number of carboxylic acids is 2. The van der Waals surface area contributed by atoms with E-state index in [1.54, 1.807) is 0 Å². The van der Waals surface area contributed by atoms with Crippen LogP contribution in [0, 0.1) is 0 Å². The lowest BCUT2D eigenvalue weighted by Crippen LogP contribution is -2.40. The van der Waals surface area contributed by atoms with Crippen LogP contribution in [0.5, 0.6) is 0 Å². The van der Waals surface area contributed by atoms with E-state index in [1.165, 1.54) is 0 Å². The monoisotopic (exact) mass is 232 g/mol. The van der Waals surface area contributed by atoms with Crippen LogP contribution in [0.15, 0.2) is 0 Å². The first-order chi connectivity index (χ1) is 6.95. The molecule has 9 heteroatoms. The van der Waals surface area contributed by atoms with Gasteiger partial charge >= 0.3 is 0 Å². The van der Waals surface area contributed by atoms with Crippen molar-refractivity contribution in [2.75, 3.05) is 0 Å². The minimum absolute atomic E-state index is 0.447. The quantitative estimate of drug-likeness (QED) is 0.534. The third kappa shape index (κ3) is 2.26. The van der Waals surface area contributed by atoms with Gasteiger partial charge in [-0.05, 0) is 0 Å². The summed E-state index contributed by atoms with van der Waals surface area (Å²) in [5.74, 6) is -3.66. The van der Waals surface area contributed by atoms with Gasteiger partial charge in [0.05, 0.1) is 23.7 Å². The summed E-state index contributed by atoms with van der Waals surface area (Å²) >= 11 is 0.447. The molecule has 2 atom stereocenters. The van der Waals surface area contributed by atoms with Gasteiger partial charge in [-0.15, -0.1) is 0 Å². The summed E-state index contributed by atoms with van der Waals surface area (Å²) in [7, 11) is 0. The van der Waals surface area contributed by atoms with Crippen LogP contribution in [0.4, 0.5) is 0 Å². The fourth-order valence-electron chi connectivity index (χ4n) is 0.810. The number of hydrogen-bond donors (Lipinski definition) is 2. The molecule has 0 radical (unpaired) electrons. The summed E-state index contributed by atoms with van der Waals surface area (Å²) in [6.45, 7) is 0. The predicted octanol–water partition coefficient (Wildman–Crippen LogP) is -3.95. The third-order valence-electron chi connectivity index (χ3n) is 1.53. The molecule has 2 N–H and O–H groups in total. The molecule has 0 saturated heterocycles. The first-order valence-corrected chi connectivity index (χ1v) is 4.29. The molecular formula is C6H4N2O6S-2. The molecule has 0 spiro atoms. The van der Waals surface area contributed by atoms with Gasteiger partial charge in [0.15, 0.2) is 0 Å². The Hall–Kier alpha value is -1.58. The summed E-state index contributed by atoms with van der Waals surface area (Å²) in [5.41, 5.74) is -1.26. The molecule has 0 aliphatic rings. The van der Waals surface area contributed by atoms with Gasteiger partial charge in [-0.3, -0.25) is 0 Å². The summed E-state index contributed by atoms with van der Waals surface area (Å²) in [4.78, 5) is 20.6. The van der Waals surface area contributed by atoms with Crippen LogP contribution < -0.4 is 10.2 Å². The van der Waals surface area contributed by atoms with E-state index in [0.717, 1.165) is 0 Å². The molecule has 1 rings (SSSR count). The molecule has 0 amide bonds. The Morgan fingerprint density at radius 3 is 2.33 bits per heavy atom. The van der Waals surface area contributed by atoms with Crippen LogP contribution in [0.1, 0.15) is 22.3 Å². The summed E-state index contributed by atoms with van der Waals surface area (Å²) < 4.78 is 6.61. The SMILES string of the molecule is O=C([O-])c1nsnc1[C@@H](O)[C@@H](O)C(=O)[O-]. The Morgan fingerprint density at radius 2 is 1.87 bits per heavy atom. The number of aliphatic hydroxyl groups is 2. The van der Waals surface area contributed by atoms with E-state index < -0.39 is 35.5 Å². The molecule has 0 unspecified atom stereocenters. The van der Waals surface area contributed by atoms with Crippen LogP contribution in [-0.2, 0) is 4.79 Å². The second-order valence-electron chi connectivity index (χ2n) is 2.49. The van der Waals surface area contributed by atoms with Crippen LogP contribution in [0.3, 0.4) is 0 Å². The Balaban J connectivity index is 3.00. The Bertz CT molecular complexity index is 391. The van der Waals surface area contributed by atoms with Gasteiger partial charge in [0, 0.05) is 0 Å². The molecule has 1 aromatic rings. The number of aliphatic carboxylic acids is 1. The molecule has 0 saturated carbocycles. The zero-order chi connectivity index (χ0) is 11.6. The minimum Gasteiger partial charge on any atom is -0.547 e. The van der Waals surface area contributed by atoms with Crippen LogP contribution in [0.2, 0.25) is 0 Å². The second kappa shape index (κ2) is 4.29. The highest BCUT2D eigenvalue weighted by Crippen LogP contribution is 2.18. The highest BCUT2D eigenvalue weighted by molar-refractivity contribution is 6.99. The van der Waals surface area contributed by atoms with E-state index in [-0.39, 0.29) is 0 Å². The lowest BCUT2D eigenvalue weighted by molar-refractivity contribution is -0.318. The van der Waals surface area contributed by atoms with E-state index in [4.69, 9.17) is 5.11 Å². The average molecular weight is 232 g/mol. The molecule has 0 aliphatic heterocycles. The van der Waals surface area contributed by atoms with Gasteiger partial charge < -0.3 is 30.0 Å². The number of carbonyl (C=O) groups is 2. The number of aliphatic hydroxyl groups excluding tert-OH is 2. The lowest BCUT2D eigenvalue weighted by Gasteiger charge is -2.17. The van der Waals surface area contributed by atoms with Gasteiger partial charge in [0.2, 0.25) is 0 Å². The molecule has 0 bridgehead atoms. The zero-order valence-corrected chi connectivity index (χ0v) is 7.80. The molecule has 1 heterocycles. The molecule has 0 aromatic carbocycles. The number of nitrogens with zero attached hydrogens (tertiary/aromatic N) is 2. The minimum atomic E-state index is -2.27. The molecule has 15 heavy (non-hydrogen) atoms. The average Bonchev–Trinajstić information content (AvgIpc) is 2.63. The summed E-state index contributed by atoms with van der Waals surface area (Å²) in [6.07, 6.45) is -4.28. The molecular weight excluding hydrogens is 228 g/mol. The fourth-order valence-corrected chi connectivity index (χ4v) is 1.38. The Morgan fingerprint density at radius 1 is 1.27 bits per heavy atom. The van der Waals surface area contributed by atoms with Crippen molar-refractivity contribution < 1.29 is 30.0 Å². The second-order valence-corrected chi connectivity index (χ2v) is 3.02. The predicted molar refractivity (Wildman–Crippen MR) is 40.2 cm³/mol. The highest BCUT2D eigenvalue weighted by atomic mass is 32.1. The van der Waals surface area contributed by atoms with Crippen LogP contribution in [-0.4, -0.2) is 37.0 Å². The maximum atomic E-state index is 10.4. The van der Waals surface area contributed by atoms with Crippen molar-refractivity contribution in [1.29, 1.82) is 0 Å². The van der Waals surface area contributed by atoms with E-state index in [2.05, 4.69) is 8.75 Å². The van der Waals surface area contributed by atoms with Gasteiger partial charge in [-0.2, -0.15) is 8.75 Å². The molecule has 8 nitrogen and oxygen atoms in total. The first-order valence-electron chi connectivity index (χ1n) is 3.56. The number of aromatic nitrogens is 2.